The maximum Gasteiger partial charge on any atom is 0.251 e. The van der Waals surface area contributed by atoms with Gasteiger partial charge in [-0.1, -0.05) is 34.1 Å². The number of hydrogen-bond donors (Lipinski definition) is 1. The zero-order valence-electron chi connectivity index (χ0n) is 19.6. The van der Waals surface area contributed by atoms with Crippen LogP contribution in [0.4, 0.5) is 0 Å². The second kappa shape index (κ2) is 8.92. The molecule has 2 unspecified atom stereocenters. The summed E-state index contributed by atoms with van der Waals surface area (Å²) in [7, 11) is 1.62. The van der Waals surface area contributed by atoms with Gasteiger partial charge in [-0.25, -0.2) is 10.4 Å². The molecule has 1 N–H and O–H groups in total. The van der Waals surface area contributed by atoms with Gasteiger partial charge in [-0.15, -0.1) is 0 Å². The molecule has 3 heterocycles. The number of oxazole rings is 1. The molecule has 1 fully saturated rings. The summed E-state index contributed by atoms with van der Waals surface area (Å²) in [6.45, 7) is 6.44. The normalized spacial score (nSPS) is 19.6. The Morgan fingerprint density at radius 1 is 1.15 bits per heavy atom. The fourth-order valence-corrected chi connectivity index (χ4v) is 4.83. The molecule has 8 heteroatoms. The lowest BCUT2D eigenvalue weighted by Gasteiger charge is -2.31. The number of nitrogens with zero attached hydrogens (tertiary/aromatic N) is 3. The SMILES string of the molecule is COc1ccc(Br)cc1-c1nc(CN2C=CN3NC(c4ccc(C)c(C)c4)CC3C2=O)c(C)o1. The first kappa shape index (κ1) is 22.7. The molecule has 2 aromatic carbocycles. The number of carbonyl (C=O) groups is 1. The number of carbonyl (C=O) groups excluding carboxylic acids is 1. The molecule has 0 radical (unpaired) electrons. The number of methoxy groups -OCH3 is 1. The Morgan fingerprint density at radius 3 is 2.74 bits per heavy atom. The summed E-state index contributed by atoms with van der Waals surface area (Å²) in [6, 6.07) is 12.0. The maximum absolute atomic E-state index is 13.4. The van der Waals surface area contributed by atoms with Gasteiger partial charge in [0.1, 0.15) is 23.2 Å². The molecule has 0 saturated carbocycles. The average Bonchev–Trinajstić information content (AvgIpc) is 3.42. The standard InChI is InChI=1S/C26H27BrN4O3/c1-15-5-6-18(11-16(15)2)21-13-23-26(32)30(9-10-31(23)29-21)14-22-17(3)34-25(28-22)20-12-19(27)7-8-24(20)33-4/h5-12,21,23,29H,13-14H2,1-4H3. The molecule has 5 rings (SSSR count). The Kier molecular flexibility index (Phi) is 5.95. The van der Waals surface area contributed by atoms with Crippen LogP contribution in [0.25, 0.3) is 11.5 Å². The predicted octanol–water partition coefficient (Wildman–Crippen LogP) is 5.17. The molecule has 0 spiro atoms. The van der Waals surface area contributed by atoms with Crippen LogP contribution in [-0.2, 0) is 11.3 Å². The van der Waals surface area contributed by atoms with Gasteiger partial charge in [0.25, 0.3) is 5.91 Å². The molecule has 1 saturated heterocycles. The van der Waals surface area contributed by atoms with Crippen LogP contribution in [0, 0.1) is 20.8 Å². The van der Waals surface area contributed by atoms with Crippen LogP contribution < -0.4 is 10.2 Å². The van der Waals surface area contributed by atoms with Gasteiger partial charge in [0, 0.05) is 16.9 Å². The van der Waals surface area contributed by atoms with Gasteiger partial charge in [0.05, 0.1) is 25.3 Å². The van der Waals surface area contributed by atoms with E-state index < -0.39 is 0 Å². The highest BCUT2D eigenvalue weighted by Crippen LogP contribution is 2.35. The highest BCUT2D eigenvalue weighted by atomic mass is 79.9. The van der Waals surface area contributed by atoms with Crippen LogP contribution in [0.3, 0.4) is 0 Å². The molecule has 2 aliphatic heterocycles. The smallest absolute Gasteiger partial charge is 0.251 e. The molecule has 2 atom stereocenters. The van der Waals surface area contributed by atoms with Crippen LogP contribution in [0.2, 0.25) is 0 Å². The number of fused-ring (bicyclic) bond motifs is 1. The third-order valence-electron chi connectivity index (χ3n) is 6.61. The van der Waals surface area contributed by atoms with E-state index in [9.17, 15) is 4.79 Å². The minimum absolute atomic E-state index is 0.0466. The number of aromatic nitrogens is 1. The van der Waals surface area contributed by atoms with Crippen molar-refractivity contribution in [2.45, 2.75) is 45.8 Å². The Hall–Kier alpha value is -3.10. The number of aryl methyl sites for hydroxylation is 3. The second-order valence-electron chi connectivity index (χ2n) is 8.81. The topological polar surface area (TPSA) is 70.8 Å². The van der Waals surface area contributed by atoms with E-state index >= 15 is 0 Å². The summed E-state index contributed by atoms with van der Waals surface area (Å²) in [6.07, 6.45) is 4.45. The van der Waals surface area contributed by atoms with Crippen LogP contribution in [0.5, 0.6) is 5.75 Å². The van der Waals surface area contributed by atoms with Crippen LogP contribution in [0.15, 0.2) is 57.7 Å². The van der Waals surface area contributed by atoms with Crippen molar-refractivity contribution >= 4 is 21.8 Å². The number of hydrogen-bond acceptors (Lipinski definition) is 6. The number of benzene rings is 2. The number of rotatable bonds is 5. The minimum Gasteiger partial charge on any atom is -0.496 e. The first-order valence-corrected chi connectivity index (χ1v) is 12.0. The lowest BCUT2D eigenvalue weighted by atomic mass is 9.97. The molecule has 7 nitrogen and oxygen atoms in total. The van der Waals surface area contributed by atoms with E-state index in [1.165, 1.54) is 16.7 Å². The van der Waals surface area contributed by atoms with Gasteiger partial charge < -0.3 is 19.1 Å². The first-order valence-electron chi connectivity index (χ1n) is 11.2. The van der Waals surface area contributed by atoms with Crippen molar-refractivity contribution in [3.63, 3.8) is 0 Å². The van der Waals surface area contributed by atoms with Crippen molar-refractivity contribution in [2.24, 2.45) is 0 Å². The van der Waals surface area contributed by atoms with E-state index in [1.54, 1.807) is 12.0 Å². The monoisotopic (exact) mass is 522 g/mol. The molecular formula is C26H27BrN4O3. The number of hydrazine groups is 1. The summed E-state index contributed by atoms with van der Waals surface area (Å²) in [5.74, 6) is 1.87. The number of halogens is 1. The van der Waals surface area contributed by atoms with Crippen molar-refractivity contribution in [3.05, 3.63) is 81.4 Å². The fourth-order valence-electron chi connectivity index (χ4n) is 4.46. The van der Waals surface area contributed by atoms with E-state index in [1.807, 2.05) is 42.5 Å². The molecule has 2 aliphatic rings. The average molecular weight is 523 g/mol. The van der Waals surface area contributed by atoms with E-state index in [2.05, 4.69) is 53.4 Å². The van der Waals surface area contributed by atoms with Gasteiger partial charge in [0.2, 0.25) is 5.89 Å². The maximum atomic E-state index is 13.4. The first-order chi connectivity index (χ1) is 16.3. The second-order valence-corrected chi connectivity index (χ2v) is 9.73. The van der Waals surface area contributed by atoms with E-state index in [0.717, 1.165) is 15.7 Å². The molecule has 1 aromatic heterocycles. The van der Waals surface area contributed by atoms with E-state index in [0.29, 0.717) is 30.4 Å². The van der Waals surface area contributed by atoms with Gasteiger partial charge >= 0.3 is 0 Å². The largest absolute Gasteiger partial charge is 0.496 e. The van der Waals surface area contributed by atoms with Crippen molar-refractivity contribution < 1.29 is 13.9 Å². The minimum atomic E-state index is -0.256. The summed E-state index contributed by atoms with van der Waals surface area (Å²) in [5, 5.41) is 1.92. The van der Waals surface area contributed by atoms with Gasteiger partial charge in [-0.2, -0.15) is 0 Å². The Balaban J connectivity index is 1.34. The third kappa shape index (κ3) is 4.12. The number of amides is 1. The summed E-state index contributed by atoms with van der Waals surface area (Å²) in [5.41, 5.74) is 8.68. The zero-order chi connectivity index (χ0) is 24.0. The highest BCUT2D eigenvalue weighted by Gasteiger charge is 2.40. The highest BCUT2D eigenvalue weighted by molar-refractivity contribution is 9.10. The number of ether oxygens (including phenoxy) is 1. The predicted molar refractivity (Wildman–Crippen MR) is 133 cm³/mol. The molecule has 3 aromatic rings. The van der Waals surface area contributed by atoms with Gasteiger partial charge in [0.15, 0.2) is 0 Å². The zero-order valence-corrected chi connectivity index (χ0v) is 21.2. The molecule has 0 bridgehead atoms. The van der Waals surface area contributed by atoms with Crippen molar-refractivity contribution in [1.82, 2.24) is 20.3 Å². The summed E-state index contributed by atoms with van der Waals surface area (Å²) >= 11 is 3.49. The Labute approximate surface area is 207 Å². The molecule has 176 valence electrons. The fraction of sp³-hybridized carbons (Fsp3) is 0.308. The molecule has 1 amide bonds. The Morgan fingerprint density at radius 2 is 1.97 bits per heavy atom. The van der Waals surface area contributed by atoms with Crippen LogP contribution in [-0.4, -0.2) is 34.0 Å². The van der Waals surface area contributed by atoms with Crippen molar-refractivity contribution in [1.29, 1.82) is 0 Å². The van der Waals surface area contributed by atoms with Gasteiger partial charge in [-0.05, 0) is 62.1 Å². The Bertz CT molecular complexity index is 1290. The van der Waals surface area contributed by atoms with Crippen LogP contribution >= 0.6 is 15.9 Å². The van der Waals surface area contributed by atoms with Crippen molar-refractivity contribution in [2.75, 3.05) is 7.11 Å². The van der Waals surface area contributed by atoms with Gasteiger partial charge in [-0.3, -0.25) is 4.79 Å². The molecule has 0 aliphatic carbocycles. The quantitative estimate of drug-likeness (QED) is 0.498. The van der Waals surface area contributed by atoms with Crippen molar-refractivity contribution in [3.8, 4) is 17.2 Å². The summed E-state index contributed by atoms with van der Waals surface area (Å²) in [4.78, 5) is 19.8. The summed E-state index contributed by atoms with van der Waals surface area (Å²) < 4.78 is 12.3. The van der Waals surface area contributed by atoms with E-state index in [4.69, 9.17) is 14.1 Å². The third-order valence-corrected chi connectivity index (χ3v) is 7.11. The van der Waals surface area contributed by atoms with E-state index in [-0.39, 0.29) is 18.0 Å². The van der Waals surface area contributed by atoms with Crippen LogP contribution in [0.1, 0.15) is 40.6 Å². The molecule has 34 heavy (non-hydrogen) atoms. The molecular weight excluding hydrogens is 496 g/mol. The lowest BCUT2D eigenvalue weighted by Crippen LogP contribution is -2.47. The lowest BCUT2D eigenvalue weighted by molar-refractivity contribution is -0.135. The number of nitrogens with one attached hydrogen (secondary N) is 1.